The van der Waals surface area contributed by atoms with Gasteiger partial charge in [-0.05, 0) is 26.7 Å². The van der Waals surface area contributed by atoms with E-state index in [1.165, 1.54) is 19.3 Å². The van der Waals surface area contributed by atoms with Crippen molar-refractivity contribution in [2.75, 3.05) is 19.6 Å². The van der Waals surface area contributed by atoms with Gasteiger partial charge in [0, 0.05) is 24.2 Å². The highest BCUT2D eigenvalue weighted by Crippen LogP contribution is 2.34. The Labute approximate surface area is 103 Å². The van der Waals surface area contributed by atoms with E-state index in [0.29, 0.717) is 0 Å². The first-order valence-electron chi connectivity index (χ1n) is 6.72. The van der Waals surface area contributed by atoms with Gasteiger partial charge in [-0.25, -0.2) is 8.78 Å². The Kier molecular flexibility index (Phi) is 3.74. The van der Waals surface area contributed by atoms with Gasteiger partial charge in [-0.15, -0.1) is 0 Å². The first-order valence-corrected chi connectivity index (χ1v) is 6.72. The molecule has 1 heterocycles. The first-order chi connectivity index (χ1) is 7.94. The monoisotopic (exact) mass is 246 g/mol. The molecule has 0 amide bonds. The molecule has 2 fully saturated rings. The normalized spacial score (nSPS) is 28.8. The summed E-state index contributed by atoms with van der Waals surface area (Å²) >= 11 is 0. The van der Waals surface area contributed by atoms with E-state index in [1.807, 2.05) is 4.90 Å². The third kappa shape index (κ3) is 2.97. The van der Waals surface area contributed by atoms with Gasteiger partial charge in [-0.2, -0.15) is 0 Å². The number of hydrogen-bond acceptors (Lipinski definition) is 2. The second-order valence-corrected chi connectivity index (χ2v) is 6.28. The summed E-state index contributed by atoms with van der Waals surface area (Å²) in [5.74, 6) is 0. The van der Waals surface area contributed by atoms with E-state index in [-0.39, 0.29) is 17.6 Å². The Bertz CT molecular complexity index is 260. The predicted octanol–water partition coefficient (Wildman–Crippen LogP) is 2.64. The molecule has 0 aromatic rings. The molecule has 2 nitrogen and oxygen atoms in total. The van der Waals surface area contributed by atoms with Gasteiger partial charge in [-0.1, -0.05) is 19.3 Å². The smallest absolute Gasteiger partial charge is 0.251 e. The SMILES string of the molecule is CC1(C)CNC2(CCCCC2)CN1CC(F)F. The molecule has 0 aromatic heterocycles. The maximum absolute atomic E-state index is 12.7. The topological polar surface area (TPSA) is 15.3 Å². The fourth-order valence-corrected chi connectivity index (χ4v) is 3.19. The summed E-state index contributed by atoms with van der Waals surface area (Å²) in [6.07, 6.45) is 3.81. The number of alkyl halides is 2. The largest absolute Gasteiger partial charge is 0.308 e. The molecule has 100 valence electrons. The minimum absolute atomic E-state index is 0.0869. The van der Waals surface area contributed by atoms with E-state index < -0.39 is 6.43 Å². The summed E-state index contributed by atoms with van der Waals surface area (Å²) in [5.41, 5.74) is -0.0399. The standard InChI is InChI=1S/C13H24F2N2/c1-12(2)9-16-13(6-4-3-5-7-13)10-17(12)8-11(14)15/h11,16H,3-10H2,1-2H3. The van der Waals surface area contributed by atoms with Crippen molar-refractivity contribution < 1.29 is 8.78 Å². The molecule has 2 rings (SSSR count). The van der Waals surface area contributed by atoms with Crippen molar-refractivity contribution in [3.05, 3.63) is 0 Å². The average Bonchev–Trinajstić information content (AvgIpc) is 2.25. The predicted molar refractivity (Wildman–Crippen MR) is 65.5 cm³/mol. The number of nitrogens with one attached hydrogen (secondary N) is 1. The zero-order valence-electron chi connectivity index (χ0n) is 10.9. The highest BCUT2D eigenvalue weighted by atomic mass is 19.3. The highest BCUT2D eigenvalue weighted by molar-refractivity contribution is 5.03. The van der Waals surface area contributed by atoms with Gasteiger partial charge >= 0.3 is 0 Å². The second kappa shape index (κ2) is 4.81. The summed E-state index contributed by atoms with van der Waals surface area (Å²) < 4.78 is 25.3. The van der Waals surface area contributed by atoms with Gasteiger partial charge in [-0.3, -0.25) is 4.90 Å². The number of hydrogen-bond donors (Lipinski definition) is 1. The second-order valence-electron chi connectivity index (χ2n) is 6.28. The van der Waals surface area contributed by atoms with E-state index in [0.717, 1.165) is 25.9 Å². The van der Waals surface area contributed by atoms with Gasteiger partial charge in [0.1, 0.15) is 0 Å². The van der Waals surface area contributed by atoms with Crippen molar-refractivity contribution in [3.8, 4) is 0 Å². The summed E-state index contributed by atoms with van der Waals surface area (Å²) in [5, 5.41) is 3.64. The Hall–Kier alpha value is -0.220. The Balaban J connectivity index is 2.05. The lowest BCUT2D eigenvalue weighted by Crippen LogP contribution is -2.69. The van der Waals surface area contributed by atoms with Crippen molar-refractivity contribution >= 4 is 0 Å². The molecule has 1 spiro atoms. The molecule has 1 saturated carbocycles. The summed E-state index contributed by atoms with van der Waals surface area (Å²) in [7, 11) is 0. The van der Waals surface area contributed by atoms with E-state index >= 15 is 0 Å². The molecule has 4 heteroatoms. The minimum atomic E-state index is -2.23. The molecule has 0 aromatic carbocycles. The van der Waals surface area contributed by atoms with Crippen molar-refractivity contribution in [1.29, 1.82) is 0 Å². The molecular weight excluding hydrogens is 222 g/mol. The third-order valence-electron chi connectivity index (χ3n) is 4.41. The van der Waals surface area contributed by atoms with Crippen LogP contribution in [0, 0.1) is 0 Å². The van der Waals surface area contributed by atoms with Crippen LogP contribution < -0.4 is 5.32 Å². The molecule has 0 unspecified atom stereocenters. The van der Waals surface area contributed by atoms with Crippen LogP contribution in [0.2, 0.25) is 0 Å². The summed E-state index contributed by atoms with van der Waals surface area (Å²) in [6.45, 7) is 5.62. The Morgan fingerprint density at radius 3 is 2.41 bits per heavy atom. The molecule has 1 saturated heterocycles. The van der Waals surface area contributed by atoms with E-state index in [2.05, 4.69) is 19.2 Å². The lowest BCUT2D eigenvalue weighted by atomic mass is 9.78. The van der Waals surface area contributed by atoms with Gasteiger partial charge in [0.25, 0.3) is 6.43 Å². The highest BCUT2D eigenvalue weighted by Gasteiger charge is 2.43. The van der Waals surface area contributed by atoms with E-state index in [4.69, 9.17) is 0 Å². The van der Waals surface area contributed by atoms with Crippen LogP contribution in [0.3, 0.4) is 0 Å². The molecule has 17 heavy (non-hydrogen) atoms. The van der Waals surface area contributed by atoms with E-state index in [1.54, 1.807) is 0 Å². The van der Waals surface area contributed by atoms with Crippen LogP contribution in [-0.4, -0.2) is 42.0 Å². The first kappa shape index (κ1) is 13.2. The van der Waals surface area contributed by atoms with Gasteiger partial charge in [0.05, 0.1) is 6.54 Å². The molecule has 0 radical (unpaired) electrons. The maximum atomic E-state index is 12.7. The quantitative estimate of drug-likeness (QED) is 0.806. The summed E-state index contributed by atoms with van der Waals surface area (Å²) in [4.78, 5) is 1.99. The van der Waals surface area contributed by atoms with E-state index in [9.17, 15) is 8.78 Å². The Morgan fingerprint density at radius 1 is 1.18 bits per heavy atom. The van der Waals surface area contributed by atoms with Crippen molar-refractivity contribution in [2.45, 2.75) is 63.5 Å². The molecule has 2 aliphatic rings. The van der Waals surface area contributed by atoms with Gasteiger partial charge in [0.2, 0.25) is 0 Å². The van der Waals surface area contributed by atoms with Crippen LogP contribution in [0.1, 0.15) is 46.0 Å². The molecule has 0 atom stereocenters. The number of halogens is 2. The van der Waals surface area contributed by atoms with Crippen molar-refractivity contribution in [1.82, 2.24) is 10.2 Å². The fourth-order valence-electron chi connectivity index (χ4n) is 3.19. The van der Waals surface area contributed by atoms with Crippen LogP contribution in [0.15, 0.2) is 0 Å². The Morgan fingerprint density at radius 2 is 1.82 bits per heavy atom. The van der Waals surface area contributed by atoms with Gasteiger partial charge in [0.15, 0.2) is 0 Å². The van der Waals surface area contributed by atoms with Crippen LogP contribution in [-0.2, 0) is 0 Å². The van der Waals surface area contributed by atoms with Crippen molar-refractivity contribution in [2.24, 2.45) is 0 Å². The van der Waals surface area contributed by atoms with Crippen LogP contribution in [0.4, 0.5) is 8.78 Å². The minimum Gasteiger partial charge on any atom is -0.308 e. The molecule has 1 aliphatic carbocycles. The van der Waals surface area contributed by atoms with Gasteiger partial charge < -0.3 is 5.32 Å². The molecule has 0 bridgehead atoms. The number of piperazine rings is 1. The molecular formula is C13H24F2N2. The van der Waals surface area contributed by atoms with Crippen LogP contribution in [0.5, 0.6) is 0 Å². The summed E-state index contributed by atoms with van der Waals surface area (Å²) in [6, 6.07) is 0. The molecule has 1 aliphatic heterocycles. The fraction of sp³-hybridized carbons (Fsp3) is 1.00. The molecule has 1 N–H and O–H groups in total. The number of rotatable bonds is 2. The zero-order valence-corrected chi connectivity index (χ0v) is 10.9. The maximum Gasteiger partial charge on any atom is 0.251 e. The zero-order chi connectivity index (χ0) is 12.5. The number of nitrogens with zero attached hydrogens (tertiary/aromatic N) is 1. The lowest BCUT2D eigenvalue weighted by Gasteiger charge is -2.53. The lowest BCUT2D eigenvalue weighted by molar-refractivity contribution is -0.0258. The van der Waals surface area contributed by atoms with Crippen LogP contribution in [0.25, 0.3) is 0 Å². The average molecular weight is 246 g/mol. The van der Waals surface area contributed by atoms with Crippen LogP contribution >= 0.6 is 0 Å². The third-order valence-corrected chi connectivity index (χ3v) is 4.41. The van der Waals surface area contributed by atoms with Crippen molar-refractivity contribution in [3.63, 3.8) is 0 Å².